The topological polar surface area (TPSA) is 74.1 Å². The number of fused-ring (bicyclic) bond motifs is 1. The van der Waals surface area contributed by atoms with Gasteiger partial charge in [0.1, 0.15) is 5.70 Å². The van der Waals surface area contributed by atoms with Crippen molar-refractivity contribution in [2.75, 3.05) is 5.32 Å². The number of hydrogen-bond acceptors (Lipinski definition) is 4. The zero-order valence-corrected chi connectivity index (χ0v) is 17.0. The minimum atomic E-state index is -0.397. The number of amides is 2. The summed E-state index contributed by atoms with van der Waals surface area (Å²) in [6.45, 7) is 0. The highest BCUT2D eigenvalue weighted by atomic mass is 16.2. The van der Waals surface area contributed by atoms with Gasteiger partial charge in [0.15, 0.2) is 11.5 Å². The Balaban J connectivity index is 1.54. The van der Waals surface area contributed by atoms with Crippen LogP contribution >= 0.6 is 0 Å². The van der Waals surface area contributed by atoms with Gasteiger partial charge in [0.05, 0.1) is 5.69 Å². The summed E-state index contributed by atoms with van der Waals surface area (Å²) in [4.78, 5) is 30.3. The van der Waals surface area contributed by atoms with Crippen LogP contribution in [-0.4, -0.2) is 28.4 Å². The molecule has 1 N–H and O–H groups in total. The Bertz CT molecular complexity index is 1320. The van der Waals surface area contributed by atoms with Crippen LogP contribution in [0.5, 0.6) is 0 Å². The van der Waals surface area contributed by atoms with Gasteiger partial charge in [0, 0.05) is 11.1 Å². The van der Waals surface area contributed by atoms with E-state index in [1.54, 1.807) is 24.3 Å². The molecule has 0 unspecified atom stereocenters. The van der Waals surface area contributed by atoms with Gasteiger partial charge in [-0.15, -0.1) is 0 Å². The van der Waals surface area contributed by atoms with Gasteiger partial charge in [-0.05, 0) is 17.7 Å². The van der Waals surface area contributed by atoms with Gasteiger partial charge in [-0.25, -0.2) is 4.99 Å². The number of anilines is 1. The number of carbonyl (C=O) groups is 2. The fourth-order valence-electron chi connectivity index (χ4n) is 3.51. The summed E-state index contributed by atoms with van der Waals surface area (Å²) in [6, 6.07) is 26.4. The lowest BCUT2D eigenvalue weighted by Gasteiger charge is -2.13. The highest BCUT2D eigenvalue weighted by Gasteiger charge is 2.34. The molecular formula is C26H18N4O2. The van der Waals surface area contributed by atoms with Crippen molar-refractivity contribution in [2.45, 2.75) is 0 Å². The van der Waals surface area contributed by atoms with Crippen LogP contribution in [-0.2, 0) is 9.59 Å². The van der Waals surface area contributed by atoms with E-state index in [0.29, 0.717) is 17.1 Å². The molecule has 2 aliphatic heterocycles. The van der Waals surface area contributed by atoms with Crippen LogP contribution in [0.4, 0.5) is 5.69 Å². The van der Waals surface area contributed by atoms with Gasteiger partial charge < -0.3 is 5.32 Å². The van der Waals surface area contributed by atoms with Gasteiger partial charge >= 0.3 is 0 Å². The van der Waals surface area contributed by atoms with Gasteiger partial charge in [-0.2, -0.15) is 10.1 Å². The number of aliphatic imine (C=N–C) groups is 1. The maximum Gasteiger partial charge on any atom is 0.298 e. The molecule has 6 nitrogen and oxygen atoms in total. The van der Waals surface area contributed by atoms with E-state index >= 15 is 0 Å². The molecule has 154 valence electrons. The summed E-state index contributed by atoms with van der Waals surface area (Å²) >= 11 is 0. The number of allylic oxidation sites excluding steroid dienone is 2. The first-order valence-corrected chi connectivity index (χ1v) is 10.1. The van der Waals surface area contributed by atoms with Crippen molar-refractivity contribution in [3.63, 3.8) is 0 Å². The monoisotopic (exact) mass is 418 g/mol. The number of carbonyl (C=O) groups excluding carboxylic acids is 2. The first-order valence-electron chi connectivity index (χ1n) is 10.1. The maximum absolute atomic E-state index is 13.2. The molecule has 2 heterocycles. The zero-order chi connectivity index (χ0) is 21.9. The number of hydrogen-bond donors (Lipinski definition) is 1. The molecule has 3 aromatic rings. The molecule has 5 rings (SSSR count). The molecule has 0 fully saturated rings. The number of rotatable bonds is 4. The first-order chi connectivity index (χ1) is 15.7. The third-order valence-corrected chi connectivity index (χ3v) is 5.06. The predicted molar refractivity (Wildman–Crippen MR) is 125 cm³/mol. The van der Waals surface area contributed by atoms with Crippen LogP contribution in [0.2, 0.25) is 0 Å². The Hall–Kier alpha value is -4.58. The standard InChI is InChI=1S/C26H18N4O2/c31-25-23(20-15-7-8-16-21(20)28-25)29-30-24(19-13-5-2-6-14-19)27-22(26(30)32)17-9-12-18-10-3-1-4-11-18/h1-17H,(H,28,29,31)/b12-9+,22-17-. The van der Waals surface area contributed by atoms with E-state index in [1.807, 2.05) is 78.9 Å². The van der Waals surface area contributed by atoms with E-state index in [0.717, 1.165) is 11.1 Å². The highest BCUT2D eigenvalue weighted by molar-refractivity contribution is 6.54. The Morgan fingerprint density at radius 3 is 2.31 bits per heavy atom. The zero-order valence-electron chi connectivity index (χ0n) is 17.0. The summed E-state index contributed by atoms with van der Waals surface area (Å²) in [5, 5.41) is 8.43. The lowest BCUT2D eigenvalue weighted by atomic mass is 10.1. The van der Waals surface area contributed by atoms with Gasteiger partial charge in [0.2, 0.25) is 0 Å². The Morgan fingerprint density at radius 1 is 0.844 bits per heavy atom. The SMILES string of the molecule is O=C1Nc2ccccc2/C1=N/N1C(=O)/C(=C/C=C/c2ccccc2)N=C1c1ccccc1. The number of benzene rings is 3. The molecule has 3 aromatic carbocycles. The second-order valence-corrected chi connectivity index (χ2v) is 7.19. The second kappa shape index (κ2) is 8.28. The molecule has 0 aliphatic carbocycles. The van der Waals surface area contributed by atoms with Gasteiger partial charge in [0.25, 0.3) is 11.8 Å². The Labute approximate surface area is 184 Å². The van der Waals surface area contributed by atoms with E-state index in [-0.39, 0.29) is 17.3 Å². The third-order valence-electron chi connectivity index (χ3n) is 5.06. The summed E-state index contributed by atoms with van der Waals surface area (Å²) in [5.41, 5.74) is 3.48. The molecular weight excluding hydrogens is 400 g/mol. The van der Waals surface area contributed by atoms with Crippen LogP contribution in [0.15, 0.2) is 113 Å². The summed E-state index contributed by atoms with van der Waals surface area (Å²) in [7, 11) is 0. The van der Waals surface area contributed by atoms with Gasteiger partial charge in [-0.1, -0.05) is 91.0 Å². The molecule has 0 atom stereocenters. The van der Waals surface area contributed by atoms with Crippen LogP contribution in [0.3, 0.4) is 0 Å². The highest BCUT2D eigenvalue weighted by Crippen LogP contribution is 2.26. The van der Waals surface area contributed by atoms with Crippen molar-refractivity contribution < 1.29 is 9.59 Å². The largest absolute Gasteiger partial charge is 0.320 e. The molecule has 2 amide bonds. The van der Waals surface area contributed by atoms with E-state index in [4.69, 9.17) is 0 Å². The summed E-state index contributed by atoms with van der Waals surface area (Å²) in [5.74, 6) is -0.376. The van der Waals surface area contributed by atoms with Crippen molar-refractivity contribution in [2.24, 2.45) is 10.1 Å². The number of nitrogens with zero attached hydrogens (tertiary/aromatic N) is 3. The van der Waals surface area contributed by atoms with Gasteiger partial charge in [-0.3, -0.25) is 9.59 Å². The smallest absolute Gasteiger partial charge is 0.298 e. The van der Waals surface area contributed by atoms with Crippen LogP contribution in [0.1, 0.15) is 16.7 Å². The quantitative estimate of drug-likeness (QED) is 0.644. The minimum Gasteiger partial charge on any atom is -0.320 e. The van der Waals surface area contributed by atoms with Crippen LogP contribution in [0, 0.1) is 0 Å². The summed E-state index contributed by atoms with van der Waals surface area (Å²) < 4.78 is 0. The molecule has 2 aliphatic rings. The van der Waals surface area contributed by atoms with E-state index in [2.05, 4.69) is 15.4 Å². The molecule has 0 saturated carbocycles. The lowest BCUT2D eigenvalue weighted by molar-refractivity contribution is -0.122. The number of amidine groups is 1. The molecule has 32 heavy (non-hydrogen) atoms. The van der Waals surface area contributed by atoms with E-state index < -0.39 is 5.91 Å². The van der Waals surface area contributed by atoms with Crippen molar-refractivity contribution in [1.29, 1.82) is 0 Å². The number of para-hydroxylation sites is 1. The van der Waals surface area contributed by atoms with Crippen molar-refractivity contribution in [3.8, 4) is 0 Å². The van der Waals surface area contributed by atoms with E-state index in [9.17, 15) is 9.59 Å². The Kier molecular flexibility index (Phi) is 5.01. The van der Waals surface area contributed by atoms with Crippen molar-refractivity contribution in [1.82, 2.24) is 5.01 Å². The average molecular weight is 418 g/mol. The van der Waals surface area contributed by atoms with Crippen LogP contribution < -0.4 is 5.32 Å². The normalized spacial score (nSPS) is 17.9. The molecule has 0 saturated heterocycles. The molecule has 0 aromatic heterocycles. The van der Waals surface area contributed by atoms with E-state index in [1.165, 1.54) is 5.01 Å². The Morgan fingerprint density at radius 2 is 1.53 bits per heavy atom. The number of nitrogens with one attached hydrogen (secondary N) is 1. The summed E-state index contributed by atoms with van der Waals surface area (Å²) in [6.07, 6.45) is 5.33. The van der Waals surface area contributed by atoms with Crippen LogP contribution in [0.25, 0.3) is 6.08 Å². The first kappa shape index (κ1) is 19.4. The third kappa shape index (κ3) is 3.65. The molecule has 0 spiro atoms. The maximum atomic E-state index is 13.2. The lowest BCUT2D eigenvalue weighted by Crippen LogP contribution is -2.30. The molecule has 0 bridgehead atoms. The predicted octanol–water partition coefficient (Wildman–Crippen LogP) is 4.23. The van der Waals surface area contributed by atoms with Crippen molar-refractivity contribution in [3.05, 3.63) is 119 Å². The van der Waals surface area contributed by atoms with Crippen molar-refractivity contribution >= 4 is 35.1 Å². The molecule has 0 radical (unpaired) electrons. The number of hydrazone groups is 1. The minimum absolute atomic E-state index is 0.179. The second-order valence-electron chi connectivity index (χ2n) is 7.19. The molecule has 6 heteroatoms. The average Bonchev–Trinajstić information content (AvgIpc) is 3.32. The fourth-order valence-corrected chi connectivity index (χ4v) is 3.51. The fraction of sp³-hybridized carbons (Fsp3) is 0.